The van der Waals surface area contributed by atoms with E-state index in [4.69, 9.17) is 16.3 Å². The van der Waals surface area contributed by atoms with Crippen LogP contribution in [0.2, 0.25) is 5.02 Å². The van der Waals surface area contributed by atoms with Gasteiger partial charge in [-0.2, -0.15) is 0 Å². The van der Waals surface area contributed by atoms with Gasteiger partial charge in [-0.3, -0.25) is 4.90 Å². The molecular weight excluding hydrogens is 343 g/mol. The molecule has 1 fully saturated rings. The van der Waals surface area contributed by atoms with Crippen LogP contribution in [0.25, 0.3) is 0 Å². The zero-order chi connectivity index (χ0) is 17.0. The molecule has 1 aliphatic rings. The van der Waals surface area contributed by atoms with Crippen LogP contribution in [0.3, 0.4) is 0 Å². The number of morpholine rings is 1. The van der Waals surface area contributed by atoms with Crippen LogP contribution in [-0.2, 0) is 14.8 Å². The Balaban J connectivity index is 1.98. The molecule has 5 nitrogen and oxygen atoms in total. The van der Waals surface area contributed by atoms with Crippen molar-refractivity contribution >= 4 is 21.6 Å². The van der Waals surface area contributed by atoms with Crippen molar-refractivity contribution < 1.29 is 17.5 Å². The Bertz CT molecular complexity index is 640. The lowest BCUT2D eigenvalue weighted by Crippen LogP contribution is -2.48. The van der Waals surface area contributed by atoms with E-state index in [1.807, 2.05) is 0 Å². The Hall–Kier alpha value is -0.730. The van der Waals surface area contributed by atoms with Crippen molar-refractivity contribution in [3.05, 3.63) is 29.0 Å². The number of hydrogen-bond donors (Lipinski definition) is 1. The van der Waals surface area contributed by atoms with Gasteiger partial charge in [0.1, 0.15) is 4.90 Å². The predicted molar refractivity (Wildman–Crippen MR) is 87.6 cm³/mol. The zero-order valence-electron chi connectivity index (χ0n) is 13.3. The number of halogens is 2. The van der Waals surface area contributed by atoms with Crippen molar-refractivity contribution in [1.29, 1.82) is 0 Å². The molecule has 0 bridgehead atoms. The number of benzene rings is 1. The van der Waals surface area contributed by atoms with Gasteiger partial charge in [0.2, 0.25) is 10.0 Å². The molecule has 1 N–H and O–H groups in total. The highest BCUT2D eigenvalue weighted by atomic mass is 35.5. The quantitative estimate of drug-likeness (QED) is 0.840. The van der Waals surface area contributed by atoms with Crippen LogP contribution in [0.1, 0.15) is 13.8 Å². The average Bonchev–Trinajstić information content (AvgIpc) is 2.48. The normalized spacial score (nSPS) is 20.1. The van der Waals surface area contributed by atoms with Crippen LogP contribution in [0.5, 0.6) is 0 Å². The Morgan fingerprint density at radius 2 is 2.22 bits per heavy atom. The highest BCUT2D eigenvalue weighted by Gasteiger charge is 2.25. The van der Waals surface area contributed by atoms with Gasteiger partial charge in [-0.1, -0.05) is 31.5 Å². The zero-order valence-corrected chi connectivity index (χ0v) is 14.8. The first-order valence-corrected chi connectivity index (χ1v) is 9.43. The lowest BCUT2D eigenvalue weighted by Gasteiger charge is -2.33. The maximum Gasteiger partial charge on any atom is 0.243 e. The van der Waals surface area contributed by atoms with E-state index in [1.54, 1.807) is 0 Å². The summed E-state index contributed by atoms with van der Waals surface area (Å²) < 4.78 is 46.3. The predicted octanol–water partition coefficient (Wildman–Crippen LogP) is 2.11. The maximum absolute atomic E-state index is 13.9. The fourth-order valence-electron chi connectivity index (χ4n) is 2.56. The fourth-order valence-corrected chi connectivity index (χ4v) is 3.95. The number of rotatable bonds is 6. The van der Waals surface area contributed by atoms with E-state index in [9.17, 15) is 12.8 Å². The molecule has 0 radical (unpaired) electrons. The van der Waals surface area contributed by atoms with Crippen molar-refractivity contribution in [2.75, 3.05) is 32.8 Å². The molecule has 1 atom stereocenters. The topological polar surface area (TPSA) is 58.6 Å². The highest BCUT2D eigenvalue weighted by molar-refractivity contribution is 7.89. The van der Waals surface area contributed by atoms with Crippen LogP contribution < -0.4 is 4.72 Å². The van der Waals surface area contributed by atoms with E-state index in [0.29, 0.717) is 19.1 Å². The molecule has 1 aromatic carbocycles. The van der Waals surface area contributed by atoms with E-state index >= 15 is 0 Å². The Kier molecular flexibility index (Phi) is 6.39. The first-order valence-electron chi connectivity index (χ1n) is 7.57. The van der Waals surface area contributed by atoms with E-state index in [2.05, 4.69) is 23.5 Å². The van der Waals surface area contributed by atoms with Crippen molar-refractivity contribution in [3.63, 3.8) is 0 Å². The van der Waals surface area contributed by atoms with Gasteiger partial charge in [0, 0.05) is 26.2 Å². The summed E-state index contributed by atoms with van der Waals surface area (Å²) in [6.07, 6.45) is -0.250. The van der Waals surface area contributed by atoms with E-state index in [-0.39, 0.29) is 17.7 Å². The third-order valence-corrected chi connectivity index (χ3v) is 5.29. The van der Waals surface area contributed by atoms with Gasteiger partial charge in [0.25, 0.3) is 0 Å². The molecule has 0 unspecified atom stereocenters. The molecule has 130 valence electrons. The number of nitrogens with one attached hydrogen (secondary N) is 1. The summed E-state index contributed by atoms with van der Waals surface area (Å²) in [5.41, 5.74) is 0. The molecule has 8 heteroatoms. The summed E-state index contributed by atoms with van der Waals surface area (Å²) in [6, 6.07) is 3.90. The monoisotopic (exact) mass is 364 g/mol. The summed E-state index contributed by atoms with van der Waals surface area (Å²) in [7, 11) is -3.96. The Morgan fingerprint density at radius 1 is 1.48 bits per heavy atom. The summed E-state index contributed by atoms with van der Waals surface area (Å²) >= 11 is 5.64. The summed E-state index contributed by atoms with van der Waals surface area (Å²) in [4.78, 5) is 1.80. The van der Waals surface area contributed by atoms with Crippen molar-refractivity contribution in [2.45, 2.75) is 24.8 Å². The van der Waals surface area contributed by atoms with Gasteiger partial charge < -0.3 is 4.74 Å². The molecule has 2 rings (SSSR count). The first-order chi connectivity index (χ1) is 10.8. The lowest BCUT2D eigenvalue weighted by molar-refractivity contribution is -0.0280. The third-order valence-electron chi connectivity index (χ3n) is 3.55. The second-order valence-electron chi connectivity index (χ2n) is 6.05. The summed E-state index contributed by atoms with van der Waals surface area (Å²) in [6.45, 7) is 7.36. The van der Waals surface area contributed by atoms with E-state index < -0.39 is 20.7 Å². The standard InChI is InChI=1S/C15H22ClFN2O3S/c1-11(2)9-19-6-7-22-12(10-19)8-18-23(20,21)14-5-3-4-13(16)15(14)17/h3-5,11-12,18H,6-10H2,1-2H3/t12-/m1/s1. The average molecular weight is 365 g/mol. The molecule has 23 heavy (non-hydrogen) atoms. The SMILES string of the molecule is CC(C)CN1CCO[C@H](CNS(=O)(=O)c2cccc(Cl)c2F)C1. The number of nitrogens with zero attached hydrogens (tertiary/aromatic N) is 1. The highest BCUT2D eigenvalue weighted by Crippen LogP contribution is 2.21. The molecule has 0 amide bonds. The molecular formula is C15H22ClFN2O3S. The summed E-state index contributed by atoms with van der Waals surface area (Å²) in [5, 5.41) is -0.218. The fraction of sp³-hybridized carbons (Fsp3) is 0.600. The van der Waals surface area contributed by atoms with Crippen LogP contribution in [-0.4, -0.2) is 52.2 Å². The van der Waals surface area contributed by atoms with Gasteiger partial charge in [-0.15, -0.1) is 0 Å². The number of ether oxygens (including phenoxy) is 1. The first kappa shape index (κ1) is 18.6. The Morgan fingerprint density at radius 3 is 2.91 bits per heavy atom. The second-order valence-corrected chi connectivity index (χ2v) is 8.19. The van der Waals surface area contributed by atoms with Crippen molar-refractivity contribution in [3.8, 4) is 0 Å². The molecule has 0 spiro atoms. The minimum atomic E-state index is -3.96. The maximum atomic E-state index is 13.9. The van der Waals surface area contributed by atoms with Gasteiger partial charge >= 0.3 is 0 Å². The lowest BCUT2D eigenvalue weighted by atomic mass is 10.2. The summed E-state index contributed by atoms with van der Waals surface area (Å²) in [5.74, 6) is -0.404. The van der Waals surface area contributed by atoms with E-state index in [1.165, 1.54) is 18.2 Å². The molecule has 0 saturated carbocycles. The molecule has 1 saturated heterocycles. The third kappa shape index (κ3) is 5.12. The molecule has 0 aliphatic carbocycles. The van der Waals surface area contributed by atoms with Crippen molar-refractivity contribution in [1.82, 2.24) is 9.62 Å². The smallest absolute Gasteiger partial charge is 0.243 e. The number of hydrogen-bond acceptors (Lipinski definition) is 4. The van der Waals surface area contributed by atoms with Crippen LogP contribution >= 0.6 is 11.6 Å². The molecule has 1 heterocycles. The molecule has 1 aromatic rings. The van der Waals surface area contributed by atoms with Gasteiger partial charge in [0.15, 0.2) is 5.82 Å². The van der Waals surface area contributed by atoms with Gasteiger partial charge in [-0.25, -0.2) is 17.5 Å². The molecule has 1 aliphatic heterocycles. The molecule has 0 aromatic heterocycles. The number of sulfonamides is 1. The van der Waals surface area contributed by atoms with Crippen LogP contribution in [0.15, 0.2) is 23.1 Å². The van der Waals surface area contributed by atoms with Crippen LogP contribution in [0, 0.1) is 11.7 Å². The van der Waals surface area contributed by atoms with Gasteiger partial charge in [-0.05, 0) is 18.1 Å². The van der Waals surface area contributed by atoms with E-state index in [0.717, 1.165) is 13.1 Å². The van der Waals surface area contributed by atoms with Gasteiger partial charge in [0.05, 0.1) is 17.7 Å². The Labute approximate surface area is 141 Å². The van der Waals surface area contributed by atoms with Crippen molar-refractivity contribution in [2.24, 2.45) is 5.92 Å². The largest absolute Gasteiger partial charge is 0.374 e. The minimum absolute atomic E-state index is 0.100. The second kappa shape index (κ2) is 7.90. The van der Waals surface area contributed by atoms with Crippen LogP contribution in [0.4, 0.5) is 4.39 Å². The minimum Gasteiger partial charge on any atom is -0.374 e.